The molecule has 0 aliphatic carbocycles. The van der Waals surface area contributed by atoms with Crippen molar-refractivity contribution >= 4 is 34.9 Å². The van der Waals surface area contributed by atoms with Crippen molar-refractivity contribution < 1.29 is 56.4 Å². The van der Waals surface area contributed by atoms with Gasteiger partial charge in [-0.2, -0.15) is 0 Å². The van der Waals surface area contributed by atoms with Gasteiger partial charge in [-0.25, -0.2) is 9.59 Å². The molecule has 0 saturated heterocycles. The lowest BCUT2D eigenvalue weighted by molar-refractivity contribution is -0.139. The minimum atomic E-state index is -3.46. The summed E-state index contributed by atoms with van der Waals surface area (Å²) >= 11 is 0. The number of aliphatic hydroxyl groups is 2. The van der Waals surface area contributed by atoms with Crippen LogP contribution in [0.25, 0.3) is 0 Å². The van der Waals surface area contributed by atoms with Crippen LogP contribution in [0.5, 0.6) is 0 Å². The van der Waals surface area contributed by atoms with Crippen LogP contribution < -0.4 is 0 Å². The maximum Gasteiger partial charge on any atom is 0.349 e. The third-order valence-electron chi connectivity index (χ3n) is 9.41. The lowest BCUT2D eigenvalue weighted by Gasteiger charge is -2.33. The zero-order chi connectivity index (χ0) is 44.9. The molecule has 1 aliphatic rings. The zero-order valence-electron chi connectivity index (χ0n) is 38.4. The third-order valence-corrected chi connectivity index (χ3v) is 18.1. The highest BCUT2D eigenvalue weighted by atomic mass is 31.3. The van der Waals surface area contributed by atoms with Crippen LogP contribution in [0, 0.1) is 0 Å². The van der Waals surface area contributed by atoms with E-state index < -0.39 is 23.0 Å². The van der Waals surface area contributed by atoms with Crippen LogP contribution in [-0.2, 0) is 46.2 Å². The summed E-state index contributed by atoms with van der Waals surface area (Å²) in [5.41, 5.74) is 0.880. The monoisotopic (exact) mass is 928 g/mol. The Hall–Kier alpha value is -1.21. The van der Waals surface area contributed by atoms with Crippen LogP contribution in [0.15, 0.2) is 37.9 Å². The van der Waals surface area contributed by atoms with E-state index in [9.17, 15) is 19.8 Å². The van der Waals surface area contributed by atoms with Gasteiger partial charge in [0.2, 0.25) is 0 Å². The molecule has 1 aliphatic heterocycles. The molecule has 0 aromatic heterocycles. The fourth-order valence-corrected chi connectivity index (χ4v) is 15.8. The number of carbonyl (C=O) groups is 2. The fourth-order valence-electron chi connectivity index (χ4n) is 6.09. The normalized spacial score (nSPS) is 16.6. The third kappa shape index (κ3) is 28.3. The first kappa shape index (κ1) is 57.8. The molecule has 0 saturated carbocycles. The molecule has 1 heterocycles. The molecule has 1 rings (SSSR count). The first-order chi connectivity index (χ1) is 29.5. The van der Waals surface area contributed by atoms with Crippen LogP contribution >= 0.6 is 23.0 Å². The van der Waals surface area contributed by atoms with E-state index >= 15 is 0 Å². The van der Waals surface area contributed by atoms with Gasteiger partial charge in [-0.15, -0.1) is 13.5 Å². The molecule has 0 radical (unpaired) electrons. The van der Waals surface area contributed by atoms with Gasteiger partial charge in [0.05, 0.1) is 52.9 Å². The molecule has 1 atom stereocenters. The maximum absolute atomic E-state index is 11.5. The van der Waals surface area contributed by atoms with Crippen LogP contribution in [-0.4, -0.2) is 88.2 Å². The summed E-state index contributed by atoms with van der Waals surface area (Å²) in [4.78, 5) is 23.0. The van der Waals surface area contributed by atoms with Crippen molar-refractivity contribution in [1.29, 1.82) is 0 Å². The largest absolute Gasteiger partial charge is 0.462 e. The number of hydrogen-bond acceptors (Lipinski definition) is 15. The number of carbonyl (C=O) groups excluding carboxylic acids is 2. The van der Waals surface area contributed by atoms with Crippen molar-refractivity contribution in [2.24, 2.45) is 13.5 Å². The Kier molecular flexibility index (Phi) is 35.1. The smallest absolute Gasteiger partial charge is 0.349 e. The van der Waals surface area contributed by atoms with Gasteiger partial charge in [0, 0.05) is 24.4 Å². The molecule has 15 nitrogen and oxygen atoms in total. The minimum absolute atomic E-state index is 0.0728. The lowest BCUT2D eigenvalue weighted by Crippen LogP contribution is -2.07. The highest BCUT2D eigenvalue weighted by Gasteiger charge is 2.42. The van der Waals surface area contributed by atoms with Crippen molar-refractivity contribution in [3.05, 3.63) is 24.3 Å². The van der Waals surface area contributed by atoms with E-state index in [0.29, 0.717) is 50.4 Å². The Balaban J connectivity index is 2.80. The maximum atomic E-state index is 11.5. The van der Waals surface area contributed by atoms with Gasteiger partial charge in [-0.05, 0) is 66.2 Å². The summed E-state index contributed by atoms with van der Waals surface area (Å²) < 4.78 is 63.4. The molecular formula is C43H84N3O12P3. The van der Waals surface area contributed by atoms with Crippen molar-refractivity contribution in [2.45, 2.75) is 175 Å². The van der Waals surface area contributed by atoms with E-state index in [-0.39, 0.29) is 51.6 Å². The van der Waals surface area contributed by atoms with Crippen molar-refractivity contribution in [3.8, 4) is 0 Å². The molecule has 61 heavy (non-hydrogen) atoms. The van der Waals surface area contributed by atoms with Crippen LogP contribution in [0.2, 0.25) is 0 Å². The highest BCUT2D eigenvalue weighted by Crippen LogP contribution is 2.80. The molecule has 0 aromatic rings. The standard InChI is InChI=1S/C43H84N3O12P3/c1-7-53-59(54-8-2)44-60(46-61(45-59,57-38-30-32-47)58-39-31-33-48,56-37-29-25-21-17-13-12-15-19-23-27-35-52-43(50)41(5)6)55-36-28-24-20-16-11-9-10-14-18-22-26-34-51-42(49)40(3)4/h47-48H,3,5,7-39H2,1-2,4,6H3. The van der Waals surface area contributed by atoms with Crippen molar-refractivity contribution in [1.82, 2.24) is 0 Å². The summed E-state index contributed by atoms with van der Waals surface area (Å²) in [6, 6.07) is 0. The Morgan fingerprint density at radius 2 is 0.623 bits per heavy atom. The average molecular weight is 928 g/mol. The molecule has 358 valence electrons. The molecule has 0 spiro atoms. The number of rotatable bonds is 43. The predicted molar refractivity (Wildman–Crippen MR) is 247 cm³/mol. The summed E-state index contributed by atoms with van der Waals surface area (Å²) in [7, 11) is -10.2. The second kappa shape index (κ2) is 37.1. The number of ether oxygens (including phenoxy) is 2. The minimum Gasteiger partial charge on any atom is -0.462 e. The Labute approximate surface area is 369 Å². The second-order valence-corrected chi connectivity index (χ2v) is 22.0. The predicted octanol–water partition coefficient (Wildman–Crippen LogP) is 13.2. The molecule has 0 amide bonds. The summed E-state index contributed by atoms with van der Waals surface area (Å²) in [5, 5.41) is 19.1. The lowest BCUT2D eigenvalue weighted by atomic mass is 10.1. The number of hydrogen-bond donors (Lipinski definition) is 2. The number of unbranched alkanes of at least 4 members (excludes halogenated alkanes) is 19. The molecule has 0 fully saturated rings. The fraction of sp³-hybridized carbons (Fsp3) is 0.860. The molecule has 18 heteroatoms. The van der Waals surface area contributed by atoms with Crippen LogP contribution in [0.4, 0.5) is 0 Å². The van der Waals surface area contributed by atoms with Gasteiger partial charge in [0.25, 0.3) is 0 Å². The van der Waals surface area contributed by atoms with Crippen molar-refractivity contribution in [2.75, 3.05) is 66.1 Å². The van der Waals surface area contributed by atoms with E-state index in [4.69, 9.17) is 50.2 Å². The summed E-state index contributed by atoms with van der Waals surface area (Å²) in [5.74, 6) is -0.622. The summed E-state index contributed by atoms with van der Waals surface area (Å²) in [6.07, 6.45) is 23.3. The average Bonchev–Trinajstić information content (AvgIpc) is 3.22. The Bertz CT molecular complexity index is 1360. The van der Waals surface area contributed by atoms with Gasteiger partial charge < -0.3 is 46.8 Å². The molecule has 0 aromatic carbocycles. The SMILES string of the molecule is C=C(C)C(=O)OCCCCCCCCCCCCCOP1(OCCCCCCCCCCCCOC(=O)C(=C)C)=NP(OCC)(OCC)=NP(OCCCO)(OCCCO)=N1. The first-order valence-corrected chi connectivity index (χ1v) is 27.8. The summed E-state index contributed by atoms with van der Waals surface area (Å²) in [6.45, 7) is 16.7. The van der Waals surface area contributed by atoms with Crippen LogP contribution in [0.3, 0.4) is 0 Å². The highest BCUT2D eigenvalue weighted by molar-refractivity contribution is 7.78. The Morgan fingerprint density at radius 3 is 0.869 bits per heavy atom. The van der Waals surface area contributed by atoms with E-state index in [1.54, 1.807) is 13.8 Å². The van der Waals surface area contributed by atoms with Gasteiger partial charge in [0.15, 0.2) is 0 Å². The number of nitrogens with zero attached hydrogens (tertiary/aromatic N) is 3. The zero-order valence-corrected chi connectivity index (χ0v) is 41.1. The number of esters is 2. The van der Waals surface area contributed by atoms with Gasteiger partial charge in [-0.1, -0.05) is 122 Å². The van der Waals surface area contributed by atoms with E-state index in [2.05, 4.69) is 13.2 Å². The van der Waals surface area contributed by atoms with E-state index in [1.807, 2.05) is 13.8 Å². The van der Waals surface area contributed by atoms with Gasteiger partial charge in [0.1, 0.15) is 0 Å². The second-order valence-electron chi connectivity index (χ2n) is 15.3. The van der Waals surface area contributed by atoms with Gasteiger partial charge in [-0.3, -0.25) is 0 Å². The Morgan fingerprint density at radius 1 is 0.393 bits per heavy atom. The van der Waals surface area contributed by atoms with E-state index in [1.165, 1.54) is 44.9 Å². The van der Waals surface area contributed by atoms with E-state index in [0.717, 1.165) is 89.9 Å². The topological polar surface area (TPSA) is 186 Å². The quantitative estimate of drug-likeness (QED) is 0.0255. The van der Waals surface area contributed by atoms with Crippen LogP contribution in [0.1, 0.15) is 175 Å². The van der Waals surface area contributed by atoms with Gasteiger partial charge >= 0.3 is 34.9 Å². The molecule has 1 unspecified atom stereocenters. The molecular weight excluding hydrogens is 843 g/mol. The molecule has 0 bridgehead atoms. The van der Waals surface area contributed by atoms with Crippen molar-refractivity contribution in [3.63, 3.8) is 0 Å². The molecule has 2 N–H and O–H groups in total. The number of aliphatic hydroxyl groups excluding tert-OH is 2. The first-order valence-electron chi connectivity index (χ1n) is 23.2.